The van der Waals surface area contributed by atoms with Crippen molar-refractivity contribution in [2.75, 3.05) is 6.61 Å². The molecule has 0 bridgehead atoms. The van der Waals surface area contributed by atoms with Crippen LogP contribution in [0.25, 0.3) is 0 Å². The van der Waals surface area contributed by atoms with Crippen LogP contribution in [0.1, 0.15) is 0 Å². The average Bonchev–Trinajstić information content (AvgIpc) is 2.12. The maximum absolute atomic E-state index is 4.89. The molecular formula is C3H5OPb. The molecule has 0 aromatic heterocycles. The van der Waals surface area contributed by atoms with Gasteiger partial charge in [0, 0.05) is 0 Å². The Bertz CT molecular complexity index is 33.9. The van der Waals surface area contributed by atoms with Gasteiger partial charge < -0.3 is 0 Å². The molecule has 1 heterocycles. The molecule has 1 nitrogen and oxygen atoms in total. The Hall–Kier alpha value is 0.882. The molecule has 0 aliphatic carbocycles. The van der Waals surface area contributed by atoms with Crippen LogP contribution >= 0.6 is 0 Å². The Morgan fingerprint density at radius 3 is 2.60 bits per heavy atom. The molecule has 1 atom stereocenters. The third-order valence-electron chi connectivity index (χ3n) is 0.630. The molecule has 0 amide bonds. The summed E-state index contributed by atoms with van der Waals surface area (Å²) in [6.07, 6.45) is 0.696. The first-order valence-corrected chi connectivity index (χ1v) is 4.44. The topological polar surface area (TPSA) is 12.5 Å². The zero-order chi connectivity index (χ0) is 3.70. The van der Waals surface area contributed by atoms with Crippen LogP contribution in [0, 0.1) is 0 Å². The Labute approximate surface area is 47.4 Å². The molecule has 2 heteroatoms. The minimum atomic E-state index is 0.696. The Morgan fingerprint density at radius 2 is 2.60 bits per heavy atom. The molecular weight excluding hydrogens is 259 g/mol. The van der Waals surface area contributed by atoms with E-state index in [4.69, 9.17) is 4.74 Å². The van der Waals surface area contributed by atoms with Crippen molar-refractivity contribution in [1.29, 1.82) is 0 Å². The molecule has 1 fully saturated rings. The minimum absolute atomic E-state index is 0.696. The van der Waals surface area contributed by atoms with Gasteiger partial charge in [-0.15, -0.1) is 0 Å². The van der Waals surface area contributed by atoms with E-state index >= 15 is 0 Å². The van der Waals surface area contributed by atoms with Crippen LogP contribution in [0.5, 0.6) is 0 Å². The quantitative estimate of drug-likeness (QED) is 0.479. The van der Waals surface area contributed by atoms with E-state index in [0.29, 0.717) is 6.10 Å². The third kappa shape index (κ3) is 1.17. The number of hydrogen-bond acceptors (Lipinski definition) is 1. The van der Waals surface area contributed by atoms with Crippen LogP contribution in [-0.4, -0.2) is 38.5 Å². The second-order valence-corrected chi connectivity index (χ2v) is 2.75. The van der Waals surface area contributed by atoms with Gasteiger partial charge in [-0.3, -0.25) is 0 Å². The van der Waals surface area contributed by atoms with Crippen LogP contribution in [0.4, 0.5) is 0 Å². The summed E-state index contributed by atoms with van der Waals surface area (Å²) in [6.45, 7) is 1.05. The normalized spacial score (nSPS) is 34.2. The van der Waals surface area contributed by atoms with Crippen LogP contribution in [0.3, 0.4) is 0 Å². The molecule has 0 aromatic carbocycles. The predicted octanol–water partition coefficient (Wildman–Crippen LogP) is -0.0280. The number of epoxide rings is 1. The van der Waals surface area contributed by atoms with Crippen molar-refractivity contribution in [3.8, 4) is 0 Å². The standard InChI is InChI=1S/C3H5O.Pb/c1-3-2-4-3;/h3H,1-2H2;. The summed E-state index contributed by atoms with van der Waals surface area (Å²) >= 11 is 1.31. The summed E-state index contributed by atoms with van der Waals surface area (Å²) in [6, 6.07) is 0. The monoisotopic (exact) mass is 265 g/mol. The van der Waals surface area contributed by atoms with Crippen molar-refractivity contribution in [3.63, 3.8) is 0 Å². The van der Waals surface area contributed by atoms with Gasteiger partial charge in [0.25, 0.3) is 0 Å². The molecule has 1 aliphatic rings. The van der Waals surface area contributed by atoms with E-state index in [2.05, 4.69) is 0 Å². The molecule has 0 N–H and O–H groups in total. The second-order valence-electron chi connectivity index (χ2n) is 1.16. The van der Waals surface area contributed by atoms with E-state index < -0.39 is 0 Å². The zero-order valence-electron chi connectivity index (χ0n) is 2.90. The Morgan fingerprint density at radius 1 is 2.00 bits per heavy atom. The molecule has 1 unspecified atom stereocenters. The summed E-state index contributed by atoms with van der Waals surface area (Å²) in [7, 11) is 0. The van der Waals surface area contributed by atoms with Gasteiger partial charge in [0.15, 0.2) is 0 Å². The van der Waals surface area contributed by atoms with Gasteiger partial charge in [-0.05, 0) is 0 Å². The third-order valence-corrected chi connectivity index (χ3v) is 2.40. The predicted molar refractivity (Wildman–Crippen MR) is 20.3 cm³/mol. The van der Waals surface area contributed by atoms with Crippen molar-refractivity contribution in [2.24, 2.45) is 0 Å². The van der Waals surface area contributed by atoms with Crippen LogP contribution < -0.4 is 0 Å². The molecule has 0 saturated carbocycles. The maximum atomic E-state index is 4.89. The molecule has 3 radical (unpaired) electrons. The van der Waals surface area contributed by atoms with Crippen LogP contribution in [0.2, 0.25) is 3.98 Å². The van der Waals surface area contributed by atoms with Gasteiger partial charge in [0.1, 0.15) is 0 Å². The first kappa shape index (κ1) is 4.05. The fourth-order valence-electron chi connectivity index (χ4n) is 0.186. The Balaban J connectivity index is 2.00. The summed E-state index contributed by atoms with van der Waals surface area (Å²) in [5.74, 6) is 0. The van der Waals surface area contributed by atoms with Crippen LogP contribution in [0.15, 0.2) is 0 Å². The van der Waals surface area contributed by atoms with Gasteiger partial charge in [-0.25, -0.2) is 0 Å². The zero-order valence-corrected chi connectivity index (χ0v) is 6.79. The first-order valence-electron chi connectivity index (χ1n) is 1.69. The average molecular weight is 264 g/mol. The van der Waals surface area contributed by atoms with E-state index in [1.54, 1.807) is 0 Å². The summed E-state index contributed by atoms with van der Waals surface area (Å²) in [4.78, 5) is 0. The van der Waals surface area contributed by atoms with Gasteiger partial charge in [0.2, 0.25) is 0 Å². The summed E-state index contributed by atoms with van der Waals surface area (Å²) in [5, 5.41) is 0. The van der Waals surface area contributed by atoms with Gasteiger partial charge >= 0.3 is 47.2 Å². The van der Waals surface area contributed by atoms with Crippen molar-refractivity contribution >= 4 is 25.8 Å². The van der Waals surface area contributed by atoms with Gasteiger partial charge in [0.05, 0.1) is 0 Å². The SMILES string of the molecule is [Pb][CH2]C1CO1. The fourth-order valence-corrected chi connectivity index (χ4v) is 1.10. The molecule has 0 aromatic rings. The van der Waals surface area contributed by atoms with Gasteiger partial charge in [-0.2, -0.15) is 0 Å². The second kappa shape index (κ2) is 1.55. The van der Waals surface area contributed by atoms with E-state index in [1.165, 1.54) is 29.7 Å². The fraction of sp³-hybridized carbons (Fsp3) is 1.00. The van der Waals surface area contributed by atoms with E-state index in [-0.39, 0.29) is 0 Å². The van der Waals surface area contributed by atoms with E-state index in [1.807, 2.05) is 0 Å². The number of rotatable bonds is 1. The van der Waals surface area contributed by atoms with E-state index in [0.717, 1.165) is 6.61 Å². The van der Waals surface area contributed by atoms with E-state index in [9.17, 15) is 0 Å². The van der Waals surface area contributed by atoms with Crippen molar-refractivity contribution in [3.05, 3.63) is 0 Å². The van der Waals surface area contributed by atoms with Gasteiger partial charge in [-0.1, -0.05) is 0 Å². The Kier molecular flexibility index (Phi) is 1.26. The summed E-state index contributed by atoms with van der Waals surface area (Å²) in [5.41, 5.74) is 0. The molecule has 27 valence electrons. The molecule has 0 spiro atoms. The van der Waals surface area contributed by atoms with Crippen molar-refractivity contribution in [1.82, 2.24) is 0 Å². The molecule has 1 aliphatic heterocycles. The molecule has 1 rings (SSSR count). The number of ether oxygens (including phenoxy) is 1. The summed E-state index contributed by atoms with van der Waals surface area (Å²) < 4.78 is 6.23. The first-order chi connectivity index (χ1) is 2.43. The number of hydrogen-bond donors (Lipinski definition) is 0. The van der Waals surface area contributed by atoms with Crippen molar-refractivity contribution in [2.45, 2.75) is 10.1 Å². The van der Waals surface area contributed by atoms with Crippen molar-refractivity contribution < 1.29 is 4.74 Å². The van der Waals surface area contributed by atoms with Crippen LogP contribution in [-0.2, 0) is 4.74 Å². The molecule has 5 heavy (non-hydrogen) atoms. The molecule has 1 saturated heterocycles.